The van der Waals surface area contributed by atoms with Gasteiger partial charge in [-0.05, 0) is 25.0 Å². The zero-order chi connectivity index (χ0) is 15.5. The van der Waals surface area contributed by atoms with Gasteiger partial charge in [-0.1, -0.05) is 17.7 Å². The van der Waals surface area contributed by atoms with Crippen LogP contribution in [0.15, 0.2) is 23.1 Å². The number of benzene rings is 1. The molecule has 1 aromatic carbocycles. The first-order chi connectivity index (χ1) is 9.90. The second kappa shape index (κ2) is 6.64. The van der Waals surface area contributed by atoms with Crippen LogP contribution in [0.2, 0.25) is 5.02 Å². The highest BCUT2D eigenvalue weighted by Crippen LogP contribution is 2.28. The molecule has 1 aromatic rings. The van der Waals surface area contributed by atoms with Crippen molar-refractivity contribution in [1.29, 1.82) is 0 Å². The van der Waals surface area contributed by atoms with Crippen molar-refractivity contribution in [1.82, 2.24) is 5.32 Å². The van der Waals surface area contributed by atoms with Gasteiger partial charge in [-0.15, -0.1) is 0 Å². The normalized spacial score (nSPS) is 16.6. The van der Waals surface area contributed by atoms with E-state index in [0.29, 0.717) is 26.1 Å². The van der Waals surface area contributed by atoms with E-state index >= 15 is 0 Å². The van der Waals surface area contributed by atoms with E-state index in [4.69, 9.17) is 22.1 Å². The Hall–Kier alpha value is -1.31. The summed E-state index contributed by atoms with van der Waals surface area (Å²) < 4.78 is 29.7. The van der Waals surface area contributed by atoms with E-state index in [9.17, 15) is 13.2 Å². The molecule has 6 nitrogen and oxygen atoms in total. The van der Waals surface area contributed by atoms with Crippen molar-refractivity contribution < 1.29 is 17.9 Å². The molecule has 3 N–H and O–H groups in total. The highest BCUT2D eigenvalue weighted by molar-refractivity contribution is 7.92. The number of nitrogens with one attached hydrogen (secondary N) is 1. The van der Waals surface area contributed by atoms with Crippen molar-refractivity contribution in [3.8, 4) is 0 Å². The van der Waals surface area contributed by atoms with E-state index < -0.39 is 21.5 Å². The van der Waals surface area contributed by atoms with Crippen LogP contribution in [0.25, 0.3) is 0 Å². The predicted octanol–water partition coefficient (Wildman–Crippen LogP) is 0.991. The van der Waals surface area contributed by atoms with Crippen molar-refractivity contribution in [2.75, 3.05) is 24.7 Å². The third-order valence-corrected chi connectivity index (χ3v) is 5.36. The Kier molecular flexibility index (Phi) is 5.08. The number of ether oxygens (including phenoxy) is 1. The fourth-order valence-electron chi connectivity index (χ4n) is 2.21. The molecule has 1 fully saturated rings. The standard InChI is InChI=1S/C13H17ClN2O4S/c14-10-2-1-3-11(15)13(10)21(18,19)8-12(17)16-9-4-6-20-7-5-9/h1-3,9H,4-8,15H2,(H,16,17). The van der Waals surface area contributed by atoms with Crippen LogP contribution in [0.1, 0.15) is 12.8 Å². The topological polar surface area (TPSA) is 98.5 Å². The maximum absolute atomic E-state index is 12.3. The van der Waals surface area contributed by atoms with Crippen molar-refractivity contribution >= 4 is 33.0 Å². The average Bonchev–Trinajstić information content (AvgIpc) is 2.38. The monoisotopic (exact) mass is 332 g/mol. The minimum Gasteiger partial charge on any atom is -0.398 e. The second-order valence-electron chi connectivity index (χ2n) is 4.87. The summed E-state index contributed by atoms with van der Waals surface area (Å²) in [6, 6.07) is 4.37. The molecule has 1 amide bonds. The fourth-order valence-corrected chi connectivity index (χ4v) is 4.11. The van der Waals surface area contributed by atoms with E-state index in [2.05, 4.69) is 5.32 Å². The van der Waals surface area contributed by atoms with Crippen LogP contribution in [0, 0.1) is 0 Å². The lowest BCUT2D eigenvalue weighted by Crippen LogP contribution is -2.41. The SMILES string of the molecule is Nc1cccc(Cl)c1S(=O)(=O)CC(=O)NC1CCOCC1. The van der Waals surface area contributed by atoms with Gasteiger partial charge in [0, 0.05) is 19.3 Å². The molecule has 1 aliphatic rings. The van der Waals surface area contributed by atoms with Crippen molar-refractivity contribution in [3.05, 3.63) is 23.2 Å². The summed E-state index contributed by atoms with van der Waals surface area (Å²) in [4.78, 5) is 11.7. The molecule has 1 heterocycles. The van der Waals surface area contributed by atoms with Crippen molar-refractivity contribution in [2.24, 2.45) is 0 Å². The fraction of sp³-hybridized carbons (Fsp3) is 0.462. The maximum atomic E-state index is 12.3. The van der Waals surface area contributed by atoms with E-state index in [1.165, 1.54) is 12.1 Å². The Labute approximate surface area is 128 Å². The molecule has 1 aliphatic heterocycles. The summed E-state index contributed by atoms with van der Waals surface area (Å²) in [6.45, 7) is 1.13. The van der Waals surface area contributed by atoms with Crippen molar-refractivity contribution in [3.63, 3.8) is 0 Å². The molecule has 0 bridgehead atoms. The van der Waals surface area contributed by atoms with Gasteiger partial charge in [-0.25, -0.2) is 8.42 Å². The third-order valence-electron chi connectivity index (χ3n) is 3.22. The molecule has 0 saturated carbocycles. The van der Waals surface area contributed by atoms with E-state index in [1.807, 2.05) is 0 Å². The lowest BCUT2D eigenvalue weighted by molar-refractivity contribution is -0.119. The van der Waals surface area contributed by atoms with Crippen LogP contribution in [-0.2, 0) is 19.4 Å². The van der Waals surface area contributed by atoms with Crippen LogP contribution in [-0.4, -0.2) is 39.3 Å². The van der Waals surface area contributed by atoms with Gasteiger partial charge < -0.3 is 15.8 Å². The van der Waals surface area contributed by atoms with Gasteiger partial charge >= 0.3 is 0 Å². The van der Waals surface area contributed by atoms with Gasteiger partial charge in [-0.3, -0.25) is 4.79 Å². The molecule has 8 heteroatoms. The molecular formula is C13H17ClN2O4S. The number of carbonyl (C=O) groups is 1. The Morgan fingerprint density at radius 3 is 2.67 bits per heavy atom. The second-order valence-corrected chi connectivity index (χ2v) is 7.21. The molecule has 0 spiro atoms. The van der Waals surface area contributed by atoms with Gasteiger partial charge in [0.2, 0.25) is 5.91 Å². The number of nitrogens with two attached hydrogens (primary N) is 1. The Bertz CT molecular complexity index is 607. The van der Waals surface area contributed by atoms with Gasteiger partial charge in [0.15, 0.2) is 9.84 Å². The minimum absolute atomic E-state index is 0.0221. The number of anilines is 1. The first-order valence-corrected chi connectivity index (χ1v) is 8.57. The zero-order valence-electron chi connectivity index (χ0n) is 11.3. The molecule has 0 atom stereocenters. The largest absolute Gasteiger partial charge is 0.398 e. The highest BCUT2D eigenvalue weighted by atomic mass is 35.5. The quantitative estimate of drug-likeness (QED) is 0.801. The first kappa shape index (κ1) is 16.1. The summed E-state index contributed by atoms with van der Waals surface area (Å²) >= 11 is 5.88. The number of amides is 1. The van der Waals surface area contributed by atoms with E-state index in [-0.39, 0.29) is 21.6 Å². The molecule has 0 aromatic heterocycles. The zero-order valence-corrected chi connectivity index (χ0v) is 12.9. The van der Waals surface area contributed by atoms with Crippen molar-refractivity contribution in [2.45, 2.75) is 23.8 Å². The number of hydrogen-bond donors (Lipinski definition) is 2. The summed E-state index contributed by atoms with van der Waals surface area (Å²) in [6.07, 6.45) is 1.36. The Balaban J connectivity index is 2.08. The number of carbonyl (C=O) groups excluding carboxylic acids is 1. The highest BCUT2D eigenvalue weighted by Gasteiger charge is 2.26. The number of hydrogen-bond acceptors (Lipinski definition) is 5. The van der Waals surface area contributed by atoms with E-state index in [1.54, 1.807) is 6.07 Å². The smallest absolute Gasteiger partial charge is 0.235 e. The minimum atomic E-state index is -3.87. The predicted molar refractivity (Wildman–Crippen MR) is 79.9 cm³/mol. The number of sulfone groups is 1. The first-order valence-electron chi connectivity index (χ1n) is 6.54. The Morgan fingerprint density at radius 2 is 2.05 bits per heavy atom. The van der Waals surface area contributed by atoms with Gasteiger partial charge in [0.25, 0.3) is 0 Å². The number of rotatable bonds is 4. The third kappa shape index (κ3) is 4.09. The lowest BCUT2D eigenvalue weighted by Gasteiger charge is -2.23. The van der Waals surface area contributed by atoms with Crippen LogP contribution < -0.4 is 11.1 Å². The molecule has 116 valence electrons. The summed E-state index contributed by atoms with van der Waals surface area (Å²) in [5.41, 5.74) is 5.70. The summed E-state index contributed by atoms with van der Waals surface area (Å²) in [5.74, 6) is -1.22. The van der Waals surface area contributed by atoms with Gasteiger partial charge in [0.1, 0.15) is 10.6 Å². The molecule has 0 radical (unpaired) electrons. The number of halogens is 1. The number of nitrogen functional groups attached to an aromatic ring is 1. The molecule has 0 unspecified atom stereocenters. The molecule has 0 aliphatic carbocycles. The summed E-state index contributed by atoms with van der Waals surface area (Å²) in [7, 11) is -3.87. The summed E-state index contributed by atoms with van der Waals surface area (Å²) in [5, 5.41) is 2.72. The van der Waals surface area contributed by atoms with Crippen LogP contribution in [0.3, 0.4) is 0 Å². The molecule has 1 saturated heterocycles. The molecule has 2 rings (SSSR count). The maximum Gasteiger partial charge on any atom is 0.235 e. The van der Waals surface area contributed by atoms with Crippen LogP contribution >= 0.6 is 11.6 Å². The van der Waals surface area contributed by atoms with E-state index in [0.717, 1.165) is 0 Å². The average molecular weight is 333 g/mol. The van der Waals surface area contributed by atoms with Gasteiger partial charge in [0.05, 0.1) is 10.7 Å². The lowest BCUT2D eigenvalue weighted by atomic mass is 10.1. The van der Waals surface area contributed by atoms with Crippen LogP contribution in [0.4, 0.5) is 5.69 Å². The Morgan fingerprint density at radius 1 is 1.38 bits per heavy atom. The van der Waals surface area contributed by atoms with Gasteiger partial charge in [-0.2, -0.15) is 0 Å². The molecular weight excluding hydrogens is 316 g/mol. The molecule has 21 heavy (non-hydrogen) atoms. The van der Waals surface area contributed by atoms with Crippen LogP contribution in [0.5, 0.6) is 0 Å².